The number of allylic oxidation sites excluding steroid dienone is 1. The highest BCUT2D eigenvalue weighted by atomic mass is 32.2. The zero-order chi connectivity index (χ0) is 5.82. The fraction of sp³-hybridized carbons (Fsp3) is 0.400. The first-order valence-corrected chi connectivity index (χ1v) is 3.42. The monoisotopic (exact) mass is 129 g/mol. The van der Waals surface area contributed by atoms with Crippen LogP contribution in [0.4, 0.5) is 0 Å². The minimum absolute atomic E-state index is 0.288. The number of hydrogen-bond acceptors (Lipinski definition) is 3. The van der Waals surface area contributed by atoms with Crippen LogP contribution in [-0.4, -0.2) is 11.5 Å². The van der Waals surface area contributed by atoms with Gasteiger partial charge in [-0.1, -0.05) is 6.08 Å². The van der Waals surface area contributed by atoms with Crippen LogP contribution in [0.25, 0.3) is 0 Å². The molecular formula is C5H7NOS. The molecule has 0 radical (unpaired) electrons. The molecule has 8 heavy (non-hydrogen) atoms. The molecule has 2 nitrogen and oxygen atoms in total. The van der Waals surface area contributed by atoms with Crippen LogP contribution in [0.2, 0.25) is 0 Å². The first-order chi connectivity index (χ1) is 3.89. The molecule has 3 heteroatoms. The number of carbonyl (C=O) groups excluding carboxylic acids is 1. The summed E-state index contributed by atoms with van der Waals surface area (Å²) in [4.78, 5) is 10.6. The lowest BCUT2D eigenvalue weighted by Crippen LogP contribution is -1.99. The molecule has 1 N–H and O–H groups in total. The van der Waals surface area contributed by atoms with Crippen molar-refractivity contribution < 1.29 is 4.79 Å². The Hall–Kier alpha value is -0.440. The van der Waals surface area contributed by atoms with Crippen LogP contribution in [-0.2, 0) is 4.79 Å². The molecule has 0 amide bonds. The van der Waals surface area contributed by atoms with Crippen molar-refractivity contribution in [3.63, 3.8) is 0 Å². The van der Waals surface area contributed by atoms with Crippen molar-refractivity contribution in [2.75, 3.05) is 5.75 Å². The predicted octanol–water partition coefficient (Wildman–Crippen LogP) is 0.711. The van der Waals surface area contributed by atoms with E-state index in [1.54, 1.807) is 6.20 Å². The lowest BCUT2D eigenvalue weighted by atomic mass is 10.3. The molecule has 0 atom stereocenters. The SMILES string of the molecule is O=C1CC=CNSC1. The highest BCUT2D eigenvalue weighted by Gasteiger charge is 2.00. The van der Waals surface area contributed by atoms with E-state index in [4.69, 9.17) is 0 Å². The summed E-state index contributed by atoms with van der Waals surface area (Å²) in [7, 11) is 0. The number of rotatable bonds is 0. The summed E-state index contributed by atoms with van der Waals surface area (Å²) in [6.45, 7) is 0. The molecule has 0 bridgehead atoms. The lowest BCUT2D eigenvalue weighted by molar-refractivity contribution is -0.115. The van der Waals surface area contributed by atoms with Crippen molar-refractivity contribution in [2.24, 2.45) is 0 Å². The largest absolute Gasteiger partial charge is 0.336 e. The molecule has 1 heterocycles. The first-order valence-electron chi connectivity index (χ1n) is 2.43. The second-order valence-corrected chi connectivity index (χ2v) is 2.36. The fourth-order valence-electron chi connectivity index (χ4n) is 0.468. The predicted molar refractivity (Wildman–Crippen MR) is 34.4 cm³/mol. The summed E-state index contributed by atoms with van der Waals surface area (Å²) >= 11 is 1.44. The maximum Gasteiger partial charge on any atom is 0.148 e. The summed E-state index contributed by atoms with van der Waals surface area (Å²) in [5.41, 5.74) is 0. The molecule has 0 aromatic carbocycles. The van der Waals surface area contributed by atoms with E-state index < -0.39 is 0 Å². The van der Waals surface area contributed by atoms with Gasteiger partial charge in [-0.05, 0) is 11.9 Å². The molecule has 0 saturated heterocycles. The van der Waals surface area contributed by atoms with E-state index in [2.05, 4.69) is 4.72 Å². The van der Waals surface area contributed by atoms with E-state index in [0.717, 1.165) is 0 Å². The molecule has 1 rings (SSSR count). The molecule has 44 valence electrons. The second-order valence-electron chi connectivity index (χ2n) is 1.55. The van der Waals surface area contributed by atoms with Gasteiger partial charge in [-0.2, -0.15) is 0 Å². The molecule has 0 aliphatic carbocycles. The first kappa shape index (κ1) is 5.69. The quantitative estimate of drug-likeness (QED) is 0.488. The van der Waals surface area contributed by atoms with Crippen molar-refractivity contribution in [1.29, 1.82) is 0 Å². The van der Waals surface area contributed by atoms with Crippen LogP contribution in [0, 0.1) is 0 Å². The highest BCUT2D eigenvalue weighted by Crippen LogP contribution is 2.00. The molecule has 0 saturated carbocycles. The third-order valence-corrected chi connectivity index (χ3v) is 1.62. The van der Waals surface area contributed by atoms with Crippen LogP contribution >= 0.6 is 11.9 Å². The van der Waals surface area contributed by atoms with Gasteiger partial charge in [0.05, 0.1) is 5.75 Å². The second kappa shape index (κ2) is 2.77. The van der Waals surface area contributed by atoms with Gasteiger partial charge in [0.2, 0.25) is 0 Å². The zero-order valence-corrected chi connectivity index (χ0v) is 5.20. The standard InChI is InChI=1S/C5H7NOS/c7-5-2-1-3-6-8-4-5/h1,3,6H,2,4H2. The van der Waals surface area contributed by atoms with E-state index in [0.29, 0.717) is 12.2 Å². The van der Waals surface area contributed by atoms with Crippen molar-refractivity contribution in [3.8, 4) is 0 Å². The van der Waals surface area contributed by atoms with Gasteiger partial charge in [0, 0.05) is 12.6 Å². The third-order valence-electron chi connectivity index (χ3n) is 0.848. The summed E-state index contributed by atoms with van der Waals surface area (Å²) in [5.74, 6) is 0.878. The lowest BCUT2D eigenvalue weighted by Gasteiger charge is -1.89. The Bertz CT molecular complexity index is 122. The number of Topliss-reactive ketones (excluding diaryl/α,β-unsaturated/α-hetero) is 1. The Balaban J connectivity index is 2.41. The van der Waals surface area contributed by atoms with Crippen LogP contribution in [0.3, 0.4) is 0 Å². The van der Waals surface area contributed by atoms with Gasteiger partial charge in [-0.3, -0.25) is 4.79 Å². The number of hydrogen-bond donors (Lipinski definition) is 1. The van der Waals surface area contributed by atoms with E-state index in [1.165, 1.54) is 11.9 Å². The molecule has 0 spiro atoms. The minimum Gasteiger partial charge on any atom is -0.336 e. The average Bonchev–Trinajstić information content (AvgIpc) is 1.94. The molecule has 0 aromatic heterocycles. The fourth-order valence-corrected chi connectivity index (χ4v) is 1.02. The van der Waals surface area contributed by atoms with Crippen LogP contribution in [0.5, 0.6) is 0 Å². The van der Waals surface area contributed by atoms with Gasteiger partial charge in [0.1, 0.15) is 5.78 Å². The van der Waals surface area contributed by atoms with Crippen molar-refractivity contribution >= 4 is 17.7 Å². The topological polar surface area (TPSA) is 29.1 Å². The van der Waals surface area contributed by atoms with Gasteiger partial charge in [0.25, 0.3) is 0 Å². The van der Waals surface area contributed by atoms with Gasteiger partial charge in [-0.25, -0.2) is 0 Å². The average molecular weight is 129 g/mol. The Kier molecular flexibility index (Phi) is 1.97. The van der Waals surface area contributed by atoms with Gasteiger partial charge >= 0.3 is 0 Å². The summed E-state index contributed by atoms with van der Waals surface area (Å²) < 4.78 is 2.89. The van der Waals surface area contributed by atoms with E-state index in [1.807, 2.05) is 6.08 Å². The Morgan fingerprint density at radius 2 is 2.62 bits per heavy atom. The third kappa shape index (κ3) is 1.58. The number of ketones is 1. The zero-order valence-electron chi connectivity index (χ0n) is 4.39. The molecule has 0 unspecified atom stereocenters. The highest BCUT2D eigenvalue weighted by molar-refractivity contribution is 7.98. The Labute approximate surface area is 52.5 Å². The van der Waals surface area contributed by atoms with Crippen LogP contribution < -0.4 is 4.72 Å². The van der Waals surface area contributed by atoms with Gasteiger partial charge < -0.3 is 4.72 Å². The molecule has 1 aliphatic rings. The molecular weight excluding hydrogens is 122 g/mol. The smallest absolute Gasteiger partial charge is 0.148 e. The molecule has 0 aromatic rings. The Morgan fingerprint density at radius 1 is 1.75 bits per heavy atom. The number of carbonyl (C=O) groups is 1. The van der Waals surface area contributed by atoms with Crippen LogP contribution in [0.15, 0.2) is 12.3 Å². The molecule has 1 aliphatic heterocycles. The van der Waals surface area contributed by atoms with Crippen molar-refractivity contribution in [1.82, 2.24) is 4.72 Å². The van der Waals surface area contributed by atoms with Crippen molar-refractivity contribution in [2.45, 2.75) is 6.42 Å². The maximum absolute atomic E-state index is 10.6. The van der Waals surface area contributed by atoms with Crippen molar-refractivity contribution in [3.05, 3.63) is 12.3 Å². The van der Waals surface area contributed by atoms with E-state index in [-0.39, 0.29) is 5.78 Å². The number of nitrogens with one attached hydrogen (secondary N) is 1. The normalized spacial score (nSPS) is 19.8. The van der Waals surface area contributed by atoms with Gasteiger partial charge in [0.15, 0.2) is 0 Å². The maximum atomic E-state index is 10.6. The van der Waals surface area contributed by atoms with E-state index in [9.17, 15) is 4.79 Å². The Morgan fingerprint density at radius 3 is 3.50 bits per heavy atom. The summed E-state index contributed by atoms with van der Waals surface area (Å²) in [5, 5.41) is 0. The van der Waals surface area contributed by atoms with E-state index >= 15 is 0 Å². The van der Waals surface area contributed by atoms with Gasteiger partial charge in [-0.15, -0.1) is 0 Å². The summed E-state index contributed by atoms with van der Waals surface area (Å²) in [6, 6.07) is 0. The molecule has 0 fully saturated rings. The minimum atomic E-state index is 0.288. The summed E-state index contributed by atoms with van der Waals surface area (Å²) in [6.07, 6.45) is 4.22. The van der Waals surface area contributed by atoms with Crippen LogP contribution in [0.1, 0.15) is 6.42 Å².